The predicted molar refractivity (Wildman–Crippen MR) is 57.3 cm³/mol. The van der Waals surface area contributed by atoms with Gasteiger partial charge >= 0.3 is 0 Å². The summed E-state index contributed by atoms with van der Waals surface area (Å²) in [4.78, 5) is 30.2. The van der Waals surface area contributed by atoms with E-state index in [1.807, 2.05) is 0 Å². The van der Waals surface area contributed by atoms with Gasteiger partial charge in [0.15, 0.2) is 0 Å². The van der Waals surface area contributed by atoms with Crippen LogP contribution in [0.4, 0.5) is 0 Å². The molecule has 1 heterocycles. The molecule has 16 heavy (non-hydrogen) atoms. The summed E-state index contributed by atoms with van der Waals surface area (Å²) in [5, 5.41) is 2.58. The Morgan fingerprint density at radius 1 is 1.44 bits per heavy atom. The molecule has 0 unspecified atom stereocenters. The topological polar surface area (TPSA) is 98.0 Å². The van der Waals surface area contributed by atoms with Gasteiger partial charge in [0, 0.05) is 18.9 Å². The average molecular weight is 222 g/mol. The van der Waals surface area contributed by atoms with Crippen molar-refractivity contribution >= 4 is 11.8 Å². The van der Waals surface area contributed by atoms with Gasteiger partial charge in [-0.1, -0.05) is 0 Å². The number of nitrogens with two attached hydrogens (primary N) is 1. The second kappa shape index (κ2) is 4.69. The maximum atomic E-state index is 11.5. The molecule has 0 aromatic carbocycles. The van der Waals surface area contributed by atoms with Crippen LogP contribution in [0.15, 0.2) is 18.6 Å². The molecule has 6 heteroatoms. The number of aromatic nitrogens is 2. The van der Waals surface area contributed by atoms with Gasteiger partial charge in [0.2, 0.25) is 5.91 Å². The molecule has 0 bridgehead atoms. The molecule has 0 aliphatic rings. The van der Waals surface area contributed by atoms with Crippen LogP contribution in [0, 0.1) is 5.41 Å². The fourth-order valence-electron chi connectivity index (χ4n) is 0.895. The highest BCUT2D eigenvalue weighted by Gasteiger charge is 2.25. The first-order valence-electron chi connectivity index (χ1n) is 4.77. The quantitative estimate of drug-likeness (QED) is 0.731. The van der Waals surface area contributed by atoms with E-state index in [1.165, 1.54) is 18.6 Å². The largest absolute Gasteiger partial charge is 0.369 e. The van der Waals surface area contributed by atoms with Crippen LogP contribution in [-0.2, 0) is 4.79 Å². The molecule has 1 rings (SSSR count). The van der Waals surface area contributed by atoms with Crippen molar-refractivity contribution in [3.05, 3.63) is 24.3 Å². The summed E-state index contributed by atoms with van der Waals surface area (Å²) in [5.41, 5.74) is 4.61. The molecule has 0 saturated carbocycles. The molecular formula is C10H14N4O2. The summed E-state index contributed by atoms with van der Waals surface area (Å²) in [7, 11) is 0. The summed E-state index contributed by atoms with van der Waals surface area (Å²) in [6, 6.07) is 0. The van der Waals surface area contributed by atoms with Crippen molar-refractivity contribution in [1.82, 2.24) is 15.3 Å². The van der Waals surface area contributed by atoms with Gasteiger partial charge in [-0.15, -0.1) is 0 Å². The molecule has 0 fully saturated rings. The number of amides is 2. The Kier molecular flexibility index (Phi) is 3.55. The van der Waals surface area contributed by atoms with E-state index < -0.39 is 11.3 Å². The van der Waals surface area contributed by atoms with Gasteiger partial charge in [-0.2, -0.15) is 0 Å². The van der Waals surface area contributed by atoms with E-state index in [-0.39, 0.29) is 18.1 Å². The van der Waals surface area contributed by atoms with Crippen molar-refractivity contribution in [2.75, 3.05) is 6.54 Å². The van der Waals surface area contributed by atoms with E-state index in [4.69, 9.17) is 5.73 Å². The molecule has 2 amide bonds. The number of nitrogens with zero attached hydrogens (tertiary/aromatic N) is 2. The normalized spacial score (nSPS) is 10.9. The zero-order chi connectivity index (χ0) is 12.2. The monoisotopic (exact) mass is 222 g/mol. The van der Waals surface area contributed by atoms with Crippen LogP contribution >= 0.6 is 0 Å². The van der Waals surface area contributed by atoms with Crippen LogP contribution in [0.2, 0.25) is 0 Å². The molecule has 3 N–H and O–H groups in total. The molecule has 0 spiro atoms. The second-order valence-corrected chi connectivity index (χ2v) is 4.02. The van der Waals surface area contributed by atoms with Crippen molar-refractivity contribution in [2.45, 2.75) is 13.8 Å². The number of hydrogen-bond acceptors (Lipinski definition) is 4. The molecular weight excluding hydrogens is 208 g/mol. The number of rotatable bonds is 4. The minimum absolute atomic E-state index is 0.164. The fraction of sp³-hybridized carbons (Fsp3) is 0.400. The number of carbonyl (C=O) groups is 2. The summed E-state index contributed by atoms with van der Waals surface area (Å²) >= 11 is 0. The first kappa shape index (κ1) is 12.1. The van der Waals surface area contributed by atoms with E-state index in [1.54, 1.807) is 13.8 Å². The fourth-order valence-corrected chi connectivity index (χ4v) is 0.895. The standard InChI is InChI=1S/C10H14N4O2/c1-10(2,9(11)16)6-14-8(15)7-5-12-3-4-13-7/h3-5H,6H2,1-2H3,(H2,11,16)(H,14,15). The molecule has 0 saturated heterocycles. The van der Waals surface area contributed by atoms with E-state index in [0.29, 0.717) is 0 Å². The maximum absolute atomic E-state index is 11.5. The molecule has 1 aromatic heterocycles. The maximum Gasteiger partial charge on any atom is 0.271 e. The highest BCUT2D eigenvalue weighted by Crippen LogP contribution is 2.11. The highest BCUT2D eigenvalue weighted by molar-refractivity contribution is 5.92. The van der Waals surface area contributed by atoms with Gasteiger partial charge in [-0.05, 0) is 13.8 Å². The summed E-state index contributed by atoms with van der Waals surface area (Å²) in [6.45, 7) is 3.48. The lowest BCUT2D eigenvalue weighted by Gasteiger charge is -2.20. The molecule has 0 radical (unpaired) electrons. The van der Waals surface area contributed by atoms with Crippen LogP contribution in [0.25, 0.3) is 0 Å². The Morgan fingerprint density at radius 3 is 2.62 bits per heavy atom. The molecule has 0 aliphatic heterocycles. The number of nitrogens with one attached hydrogen (secondary N) is 1. The van der Waals surface area contributed by atoms with Gasteiger partial charge in [0.05, 0.1) is 11.6 Å². The molecule has 0 atom stereocenters. The van der Waals surface area contributed by atoms with Crippen LogP contribution in [0.3, 0.4) is 0 Å². The van der Waals surface area contributed by atoms with E-state index >= 15 is 0 Å². The van der Waals surface area contributed by atoms with Crippen molar-refractivity contribution in [3.8, 4) is 0 Å². The third kappa shape index (κ3) is 3.01. The highest BCUT2D eigenvalue weighted by atomic mass is 16.2. The van der Waals surface area contributed by atoms with Crippen molar-refractivity contribution < 1.29 is 9.59 Å². The minimum Gasteiger partial charge on any atom is -0.369 e. The van der Waals surface area contributed by atoms with Crippen molar-refractivity contribution in [1.29, 1.82) is 0 Å². The van der Waals surface area contributed by atoms with E-state index in [2.05, 4.69) is 15.3 Å². The summed E-state index contributed by atoms with van der Waals surface area (Å²) in [6.07, 6.45) is 4.25. The Morgan fingerprint density at radius 2 is 2.12 bits per heavy atom. The Hall–Kier alpha value is -1.98. The Labute approximate surface area is 93.3 Å². The first-order chi connectivity index (χ1) is 7.43. The zero-order valence-electron chi connectivity index (χ0n) is 9.23. The molecule has 6 nitrogen and oxygen atoms in total. The lowest BCUT2D eigenvalue weighted by molar-refractivity contribution is -0.125. The third-order valence-corrected chi connectivity index (χ3v) is 2.15. The molecule has 86 valence electrons. The molecule has 0 aliphatic carbocycles. The van der Waals surface area contributed by atoms with Crippen LogP contribution < -0.4 is 11.1 Å². The van der Waals surface area contributed by atoms with Crippen LogP contribution in [0.1, 0.15) is 24.3 Å². The van der Waals surface area contributed by atoms with Gasteiger partial charge in [-0.25, -0.2) is 4.98 Å². The lowest BCUT2D eigenvalue weighted by atomic mass is 9.93. The second-order valence-electron chi connectivity index (χ2n) is 4.02. The van der Waals surface area contributed by atoms with Gasteiger partial charge in [0.1, 0.15) is 5.69 Å². The van der Waals surface area contributed by atoms with E-state index in [0.717, 1.165) is 0 Å². The average Bonchev–Trinajstić information content (AvgIpc) is 2.27. The first-order valence-corrected chi connectivity index (χ1v) is 4.77. The van der Waals surface area contributed by atoms with Gasteiger partial charge in [-0.3, -0.25) is 14.6 Å². The number of carbonyl (C=O) groups excluding carboxylic acids is 2. The zero-order valence-corrected chi connectivity index (χ0v) is 9.23. The minimum atomic E-state index is -0.780. The molecule has 1 aromatic rings. The van der Waals surface area contributed by atoms with Crippen molar-refractivity contribution in [2.24, 2.45) is 11.1 Å². The SMILES string of the molecule is CC(C)(CNC(=O)c1cnccn1)C(N)=O. The third-order valence-electron chi connectivity index (χ3n) is 2.15. The lowest BCUT2D eigenvalue weighted by Crippen LogP contribution is -2.42. The van der Waals surface area contributed by atoms with Crippen molar-refractivity contribution in [3.63, 3.8) is 0 Å². The Bertz CT molecular complexity index is 389. The predicted octanol–water partition coefficient (Wildman–Crippen LogP) is -0.282. The summed E-state index contributed by atoms with van der Waals surface area (Å²) < 4.78 is 0. The Balaban J connectivity index is 2.58. The number of hydrogen-bond donors (Lipinski definition) is 2. The van der Waals surface area contributed by atoms with Gasteiger partial charge in [0.25, 0.3) is 5.91 Å². The van der Waals surface area contributed by atoms with E-state index in [9.17, 15) is 9.59 Å². The van der Waals surface area contributed by atoms with Crippen LogP contribution in [0.5, 0.6) is 0 Å². The number of primary amides is 1. The smallest absolute Gasteiger partial charge is 0.271 e. The summed E-state index contributed by atoms with van der Waals surface area (Å²) in [5.74, 6) is -0.839. The van der Waals surface area contributed by atoms with Gasteiger partial charge < -0.3 is 11.1 Å². The van der Waals surface area contributed by atoms with Crippen LogP contribution in [-0.4, -0.2) is 28.3 Å².